The van der Waals surface area contributed by atoms with Gasteiger partial charge in [-0.1, -0.05) is 109 Å². The third-order valence-corrected chi connectivity index (χ3v) is 7.29. The zero-order valence-electron chi connectivity index (χ0n) is 21.9. The Hall–Kier alpha value is -4.68. The number of rotatable bonds is 5. The van der Waals surface area contributed by atoms with Crippen molar-refractivity contribution in [1.82, 2.24) is 0 Å². The van der Waals surface area contributed by atoms with Crippen molar-refractivity contribution in [3.8, 4) is 55.6 Å². The van der Waals surface area contributed by atoms with Crippen LogP contribution in [0.15, 0.2) is 146 Å². The molecule has 0 atom stereocenters. The first kappa shape index (κ1) is 23.7. The van der Waals surface area contributed by atoms with Gasteiger partial charge in [0.1, 0.15) is 0 Å². The summed E-state index contributed by atoms with van der Waals surface area (Å²) in [4.78, 5) is 0. The molecular formula is C38H30. The van der Waals surface area contributed by atoms with Gasteiger partial charge in [-0.05, 0) is 117 Å². The van der Waals surface area contributed by atoms with E-state index in [2.05, 4.69) is 159 Å². The maximum absolute atomic E-state index is 2.36. The fourth-order valence-corrected chi connectivity index (χ4v) is 5.39. The lowest BCUT2D eigenvalue weighted by molar-refractivity contribution is 1.38. The molecule has 0 heterocycles. The van der Waals surface area contributed by atoms with E-state index in [1.807, 2.05) is 0 Å². The molecule has 0 aliphatic rings. The molecule has 0 spiro atoms. The number of hydrogen-bond donors (Lipinski definition) is 0. The molecule has 0 unspecified atom stereocenters. The lowest BCUT2D eigenvalue weighted by Gasteiger charge is -2.16. The second-order valence-electron chi connectivity index (χ2n) is 9.96. The van der Waals surface area contributed by atoms with Crippen molar-refractivity contribution in [1.29, 1.82) is 0 Å². The van der Waals surface area contributed by atoms with Gasteiger partial charge in [0, 0.05) is 0 Å². The molecule has 6 aromatic rings. The Morgan fingerprint density at radius 2 is 0.553 bits per heavy atom. The SMILES string of the molecule is Cc1cccc(C)c1-c1cc(-c2ccccc2)cc(-c2cc(-c3ccccc3)cc(-c3ccccc3)c2)c1. The van der Waals surface area contributed by atoms with E-state index in [4.69, 9.17) is 0 Å². The normalized spacial score (nSPS) is 10.9. The maximum atomic E-state index is 2.36. The maximum Gasteiger partial charge on any atom is -0.0125 e. The molecule has 38 heavy (non-hydrogen) atoms. The molecule has 0 heteroatoms. The van der Waals surface area contributed by atoms with Crippen LogP contribution in [0.3, 0.4) is 0 Å². The summed E-state index contributed by atoms with van der Waals surface area (Å²) >= 11 is 0. The number of aryl methyl sites for hydroxylation is 2. The fraction of sp³-hybridized carbons (Fsp3) is 0.0526. The Morgan fingerprint density at radius 1 is 0.263 bits per heavy atom. The van der Waals surface area contributed by atoms with Crippen LogP contribution in [-0.2, 0) is 0 Å². The van der Waals surface area contributed by atoms with Gasteiger partial charge in [-0.3, -0.25) is 0 Å². The monoisotopic (exact) mass is 486 g/mol. The van der Waals surface area contributed by atoms with Crippen LogP contribution < -0.4 is 0 Å². The van der Waals surface area contributed by atoms with E-state index >= 15 is 0 Å². The number of benzene rings is 6. The molecular weight excluding hydrogens is 456 g/mol. The van der Waals surface area contributed by atoms with Crippen molar-refractivity contribution in [2.75, 3.05) is 0 Å². The molecule has 182 valence electrons. The van der Waals surface area contributed by atoms with Crippen LogP contribution in [-0.4, -0.2) is 0 Å². The predicted molar refractivity (Wildman–Crippen MR) is 163 cm³/mol. The zero-order chi connectivity index (χ0) is 25.9. The topological polar surface area (TPSA) is 0 Å². The summed E-state index contributed by atoms with van der Waals surface area (Å²) in [5.41, 5.74) is 14.9. The summed E-state index contributed by atoms with van der Waals surface area (Å²) in [5, 5.41) is 0. The minimum Gasteiger partial charge on any atom is -0.0622 e. The average molecular weight is 487 g/mol. The van der Waals surface area contributed by atoms with E-state index in [0.29, 0.717) is 0 Å². The zero-order valence-corrected chi connectivity index (χ0v) is 21.9. The van der Waals surface area contributed by atoms with Crippen molar-refractivity contribution in [2.24, 2.45) is 0 Å². The Kier molecular flexibility index (Phi) is 6.46. The van der Waals surface area contributed by atoms with Crippen LogP contribution in [0.4, 0.5) is 0 Å². The van der Waals surface area contributed by atoms with E-state index in [1.165, 1.54) is 66.8 Å². The van der Waals surface area contributed by atoms with Gasteiger partial charge >= 0.3 is 0 Å². The van der Waals surface area contributed by atoms with Crippen LogP contribution in [0, 0.1) is 13.8 Å². The Labute approximate surface area is 225 Å². The molecule has 0 aromatic heterocycles. The Balaban J connectivity index is 1.61. The lowest BCUT2D eigenvalue weighted by atomic mass is 9.88. The molecule has 0 aliphatic heterocycles. The van der Waals surface area contributed by atoms with E-state index in [9.17, 15) is 0 Å². The highest BCUT2D eigenvalue weighted by Gasteiger charge is 2.13. The standard InChI is InChI=1S/C38H30/c1-27-13-12-14-28(2)38(27)37-25-34(31-19-10-5-11-20-31)24-36(26-37)35-22-32(29-15-6-3-7-16-29)21-33(23-35)30-17-8-4-9-18-30/h3-26H,1-2H3. The van der Waals surface area contributed by atoms with E-state index < -0.39 is 0 Å². The molecule has 0 radical (unpaired) electrons. The Morgan fingerprint density at radius 3 is 0.895 bits per heavy atom. The second kappa shape index (κ2) is 10.4. The molecule has 6 aromatic carbocycles. The molecule has 0 nitrogen and oxygen atoms in total. The highest BCUT2D eigenvalue weighted by molar-refractivity contribution is 5.87. The molecule has 0 fully saturated rings. The molecule has 0 bridgehead atoms. The summed E-state index contributed by atoms with van der Waals surface area (Å²) in [6.45, 7) is 4.42. The predicted octanol–water partition coefficient (Wildman–Crippen LogP) is 10.6. The van der Waals surface area contributed by atoms with Crippen molar-refractivity contribution < 1.29 is 0 Å². The first-order chi connectivity index (χ1) is 18.7. The number of hydrogen-bond acceptors (Lipinski definition) is 0. The van der Waals surface area contributed by atoms with Gasteiger partial charge in [-0.25, -0.2) is 0 Å². The largest absolute Gasteiger partial charge is 0.0622 e. The van der Waals surface area contributed by atoms with Crippen molar-refractivity contribution in [3.63, 3.8) is 0 Å². The lowest BCUT2D eigenvalue weighted by Crippen LogP contribution is -1.92. The highest BCUT2D eigenvalue weighted by Crippen LogP contribution is 2.38. The van der Waals surface area contributed by atoms with Gasteiger partial charge in [0.05, 0.1) is 0 Å². The molecule has 0 amide bonds. The van der Waals surface area contributed by atoms with Crippen LogP contribution in [0.1, 0.15) is 11.1 Å². The molecule has 0 aliphatic carbocycles. The van der Waals surface area contributed by atoms with Gasteiger partial charge in [0.25, 0.3) is 0 Å². The average Bonchev–Trinajstić information content (AvgIpc) is 2.98. The quantitative estimate of drug-likeness (QED) is 0.227. The van der Waals surface area contributed by atoms with Crippen molar-refractivity contribution >= 4 is 0 Å². The molecule has 0 saturated carbocycles. The van der Waals surface area contributed by atoms with Crippen LogP contribution in [0.2, 0.25) is 0 Å². The van der Waals surface area contributed by atoms with Crippen LogP contribution >= 0.6 is 0 Å². The second-order valence-corrected chi connectivity index (χ2v) is 9.96. The Bertz CT molecular complexity index is 1620. The van der Waals surface area contributed by atoms with Crippen molar-refractivity contribution in [2.45, 2.75) is 13.8 Å². The molecule has 0 saturated heterocycles. The smallest absolute Gasteiger partial charge is 0.0125 e. The van der Waals surface area contributed by atoms with Gasteiger partial charge in [0.2, 0.25) is 0 Å². The third-order valence-electron chi connectivity index (χ3n) is 7.29. The van der Waals surface area contributed by atoms with Gasteiger partial charge in [-0.2, -0.15) is 0 Å². The summed E-state index contributed by atoms with van der Waals surface area (Å²) in [6, 6.07) is 52.6. The summed E-state index contributed by atoms with van der Waals surface area (Å²) in [6.07, 6.45) is 0. The molecule has 6 rings (SSSR count). The molecule has 0 N–H and O–H groups in total. The summed E-state index contributed by atoms with van der Waals surface area (Å²) in [5.74, 6) is 0. The van der Waals surface area contributed by atoms with E-state index in [-0.39, 0.29) is 0 Å². The fourth-order valence-electron chi connectivity index (χ4n) is 5.39. The first-order valence-electron chi connectivity index (χ1n) is 13.2. The van der Waals surface area contributed by atoms with E-state index in [0.717, 1.165) is 0 Å². The van der Waals surface area contributed by atoms with Crippen molar-refractivity contribution in [3.05, 3.63) is 157 Å². The van der Waals surface area contributed by atoms with Gasteiger partial charge in [0.15, 0.2) is 0 Å². The van der Waals surface area contributed by atoms with Gasteiger partial charge in [-0.15, -0.1) is 0 Å². The van der Waals surface area contributed by atoms with E-state index in [1.54, 1.807) is 0 Å². The van der Waals surface area contributed by atoms with Crippen LogP contribution in [0.5, 0.6) is 0 Å². The minimum atomic E-state index is 1.22. The highest BCUT2D eigenvalue weighted by atomic mass is 14.2. The summed E-state index contributed by atoms with van der Waals surface area (Å²) < 4.78 is 0. The minimum absolute atomic E-state index is 1.22. The first-order valence-corrected chi connectivity index (χ1v) is 13.2. The third kappa shape index (κ3) is 4.82. The van der Waals surface area contributed by atoms with Crippen LogP contribution in [0.25, 0.3) is 55.6 Å². The summed E-state index contributed by atoms with van der Waals surface area (Å²) in [7, 11) is 0. The van der Waals surface area contributed by atoms with Gasteiger partial charge < -0.3 is 0 Å².